The molecule has 0 saturated heterocycles. The van der Waals surface area contributed by atoms with E-state index in [2.05, 4.69) is 10.5 Å². The summed E-state index contributed by atoms with van der Waals surface area (Å²) in [7, 11) is 0. The Hall–Kier alpha value is -1.66. The molecule has 0 aromatic carbocycles. The highest BCUT2D eigenvalue weighted by atomic mass is 32.1. The average molecular weight is 294 g/mol. The summed E-state index contributed by atoms with van der Waals surface area (Å²) in [5, 5.41) is 20.7. The number of amides is 1. The molecular formula is C14H18N2O3S. The smallest absolute Gasteiger partial charge is 0.256 e. The van der Waals surface area contributed by atoms with Crippen molar-refractivity contribution in [2.24, 2.45) is 0 Å². The molecule has 1 amide bonds. The first-order chi connectivity index (χ1) is 9.45. The normalized spacial score (nSPS) is 14.0. The lowest BCUT2D eigenvalue weighted by molar-refractivity contribution is 0.0529. The van der Waals surface area contributed by atoms with Gasteiger partial charge in [-0.15, -0.1) is 0 Å². The minimum Gasteiger partial charge on any atom is -0.384 e. The lowest BCUT2D eigenvalue weighted by Gasteiger charge is -2.22. The Morgan fingerprint density at radius 3 is 2.95 bits per heavy atom. The predicted molar refractivity (Wildman–Crippen MR) is 76.8 cm³/mol. The van der Waals surface area contributed by atoms with E-state index in [-0.39, 0.29) is 12.5 Å². The molecule has 5 nitrogen and oxygen atoms in total. The Kier molecular flexibility index (Phi) is 4.25. The number of rotatable bonds is 5. The van der Waals surface area contributed by atoms with Crippen LogP contribution < -0.4 is 5.32 Å². The summed E-state index contributed by atoms with van der Waals surface area (Å²) < 4.78 is 5.04. The number of thiophene rings is 1. The first kappa shape index (κ1) is 14.7. The van der Waals surface area contributed by atoms with Gasteiger partial charge in [-0.1, -0.05) is 12.1 Å². The number of aromatic nitrogens is 1. The molecular weight excluding hydrogens is 276 g/mol. The monoisotopic (exact) mass is 294 g/mol. The van der Waals surface area contributed by atoms with Crippen LogP contribution in [0.25, 0.3) is 0 Å². The Bertz CT molecular complexity index is 588. The van der Waals surface area contributed by atoms with Crippen LogP contribution in [0.15, 0.2) is 21.3 Å². The molecule has 0 spiro atoms. The van der Waals surface area contributed by atoms with E-state index in [1.54, 1.807) is 13.8 Å². The summed E-state index contributed by atoms with van der Waals surface area (Å²) >= 11 is 1.51. The molecule has 0 aliphatic carbocycles. The lowest BCUT2D eigenvalue weighted by atomic mass is 9.99. The molecule has 0 radical (unpaired) electrons. The number of aryl methyl sites for hydroxylation is 2. The molecule has 2 heterocycles. The molecule has 0 bridgehead atoms. The van der Waals surface area contributed by atoms with E-state index in [4.69, 9.17) is 4.52 Å². The third kappa shape index (κ3) is 2.91. The van der Waals surface area contributed by atoms with Gasteiger partial charge in [0.2, 0.25) is 0 Å². The summed E-state index contributed by atoms with van der Waals surface area (Å²) in [6.07, 6.45) is 0.626. The maximum Gasteiger partial charge on any atom is 0.256 e. The zero-order valence-corrected chi connectivity index (χ0v) is 12.6. The second kappa shape index (κ2) is 5.76. The fraction of sp³-hybridized carbons (Fsp3) is 0.429. The molecule has 108 valence electrons. The van der Waals surface area contributed by atoms with Crippen molar-refractivity contribution < 1.29 is 14.4 Å². The van der Waals surface area contributed by atoms with Crippen molar-refractivity contribution in [3.05, 3.63) is 39.4 Å². The summed E-state index contributed by atoms with van der Waals surface area (Å²) in [5.74, 6) is 0.227. The highest BCUT2D eigenvalue weighted by molar-refractivity contribution is 7.08. The average Bonchev–Trinajstić information content (AvgIpc) is 3.05. The van der Waals surface area contributed by atoms with Crippen molar-refractivity contribution in [2.45, 2.75) is 32.8 Å². The third-order valence-electron chi connectivity index (χ3n) is 3.23. The second-order valence-corrected chi connectivity index (χ2v) is 5.66. The number of nitrogens with one attached hydrogen (secondary N) is 1. The van der Waals surface area contributed by atoms with Gasteiger partial charge in [0, 0.05) is 0 Å². The van der Waals surface area contributed by atoms with E-state index in [9.17, 15) is 9.90 Å². The zero-order valence-electron chi connectivity index (χ0n) is 11.8. The predicted octanol–water partition coefficient (Wildman–Crippen LogP) is 2.24. The minimum atomic E-state index is -1.09. The Balaban J connectivity index is 2.07. The summed E-state index contributed by atoms with van der Waals surface area (Å²) in [5.41, 5.74) is 0.803. The van der Waals surface area contributed by atoms with Gasteiger partial charge in [-0.05, 0) is 42.7 Å². The number of aliphatic hydroxyl groups is 1. The molecule has 0 fully saturated rings. The molecule has 20 heavy (non-hydrogen) atoms. The van der Waals surface area contributed by atoms with Crippen LogP contribution in [0.3, 0.4) is 0 Å². The van der Waals surface area contributed by atoms with Crippen molar-refractivity contribution in [3.8, 4) is 0 Å². The van der Waals surface area contributed by atoms with Crippen LogP contribution in [0.4, 0.5) is 0 Å². The number of hydrogen-bond donors (Lipinski definition) is 2. The Morgan fingerprint density at radius 2 is 2.35 bits per heavy atom. The second-order valence-electron chi connectivity index (χ2n) is 4.88. The van der Waals surface area contributed by atoms with Gasteiger partial charge in [-0.2, -0.15) is 11.3 Å². The molecule has 1 atom stereocenters. The first-order valence-corrected chi connectivity index (χ1v) is 7.38. The van der Waals surface area contributed by atoms with E-state index in [1.165, 1.54) is 11.3 Å². The van der Waals surface area contributed by atoms with Crippen molar-refractivity contribution in [1.82, 2.24) is 10.5 Å². The van der Waals surface area contributed by atoms with E-state index >= 15 is 0 Å². The van der Waals surface area contributed by atoms with Gasteiger partial charge < -0.3 is 14.9 Å². The number of nitrogens with zero attached hydrogens (tertiary/aromatic N) is 1. The Labute approximate surface area is 121 Å². The molecule has 0 aliphatic rings. The van der Waals surface area contributed by atoms with E-state index in [0.29, 0.717) is 23.4 Å². The maximum absolute atomic E-state index is 12.2. The third-order valence-corrected chi connectivity index (χ3v) is 3.91. The van der Waals surface area contributed by atoms with Crippen LogP contribution in [-0.4, -0.2) is 22.7 Å². The molecule has 2 aromatic rings. The fourth-order valence-corrected chi connectivity index (χ4v) is 2.75. The minimum absolute atomic E-state index is 0.135. The largest absolute Gasteiger partial charge is 0.384 e. The van der Waals surface area contributed by atoms with Gasteiger partial charge in [-0.3, -0.25) is 4.79 Å². The molecule has 2 aromatic heterocycles. The number of carbonyl (C=O) groups excluding carboxylic acids is 1. The van der Waals surface area contributed by atoms with Crippen molar-refractivity contribution in [2.75, 3.05) is 6.54 Å². The van der Waals surface area contributed by atoms with Crippen LogP contribution in [0, 0.1) is 6.92 Å². The van der Waals surface area contributed by atoms with Crippen LogP contribution in [0.5, 0.6) is 0 Å². The molecule has 6 heteroatoms. The van der Waals surface area contributed by atoms with Crippen LogP contribution in [-0.2, 0) is 12.0 Å². The van der Waals surface area contributed by atoms with E-state index < -0.39 is 5.60 Å². The topological polar surface area (TPSA) is 75.4 Å². The van der Waals surface area contributed by atoms with Gasteiger partial charge in [-0.25, -0.2) is 0 Å². The van der Waals surface area contributed by atoms with Gasteiger partial charge in [0.15, 0.2) is 0 Å². The fourth-order valence-electron chi connectivity index (χ4n) is 1.96. The zero-order chi connectivity index (χ0) is 14.8. The molecule has 2 N–H and O–H groups in total. The SMILES string of the molecule is CCc1noc(C)c1C(=O)NCC(C)(O)c1ccsc1. The van der Waals surface area contributed by atoms with Crippen LogP contribution >= 0.6 is 11.3 Å². The summed E-state index contributed by atoms with van der Waals surface area (Å²) in [6, 6.07) is 1.85. The van der Waals surface area contributed by atoms with E-state index in [1.807, 2.05) is 23.8 Å². The van der Waals surface area contributed by atoms with Gasteiger partial charge in [0.05, 0.1) is 12.2 Å². The molecule has 2 rings (SSSR count). The molecule has 0 aliphatic heterocycles. The summed E-state index contributed by atoms with van der Waals surface area (Å²) in [6.45, 7) is 5.43. The number of hydrogen-bond acceptors (Lipinski definition) is 5. The lowest BCUT2D eigenvalue weighted by Crippen LogP contribution is -2.38. The highest BCUT2D eigenvalue weighted by Gasteiger charge is 2.26. The molecule has 1 unspecified atom stereocenters. The number of carbonyl (C=O) groups is 1. The first-order valence-electron chi connectivity index (χ1n) is 6.44. The van der Waals surface area contributed by atoms with Gasteiger partial charge >= 0.3 is 0 Å². The van der Waals surface area contributed by atoms with Crippen LogP contribution in [0.1, 0.15) is 41.2 Å². The van der Waals surface area contributed by atoms with Crippen molar-refractivity contribution >= 4 is 17.2 Å². The van der Waals surface area contributed by atoms with Crippen molar-refractivity contribution in [3.63, 3.8) is 0 Å². The van der Waals surface area contributed by atoms with E-state index in [0.717, 1.165) is 5.56 Å². The maximum atomic E-state index is 12.2. The van der Waals surface area contributed by atoms with Gasteiger partial charge in [0.1, 0.15) is 16.9 Å². The standard InChI is InChI=1S/C14H18N2O3S/c1-4-11-12(9(2)19-16-11)13(17)15-8-14(3,18)10-5-6-20-7-10/h5-7,18H,4,8H2,1-3H3,(H,15,17). The van der Waals surface area contributed by atoms with Gasteiger partial charge in [0.25, 0.3) is 5.91 Å². The Morgan fingerprint density at radius 1 is 1.60 bits per heavy atom. The van der Waals surface area contributed by atoms with Crippen molar-refractivity contribution in [1.29, 1.82) is 0 Å². The summed E-state index contributed by atoms with van der Waals surface area (Å²) in [4.78, 5) is 12.2. The quantitative estimate of drug-likeness (QED) is 0.887. The molecule has 0 saturated carbocycles. The highest BCUT2D eigenvalue weighted by Crippen LogP contribution is 2.22. The van der Waals surface area contributed by atoms with Crippen LogP contribution in [0.2, 0.25) is 0 Å².